The molecule has 0 amide bonds. The monoisotopic (exact) mass is 346 g/mol. The molecule has 0 spiro atoms. The van der Waals surface area contributed by atoms with Crippen LogP contribution in [0.5, 0.6) is 0 Å². The second kappa shape index (κ2) is 5.76. The summed E-state index contributed by atoms with van der Waals surface area (Å²) in [6.07, 6.45) is 0. The molecule has 5 nitrogen and oxygen atoms in total. The molecule has 0 aromatic heterocycles. The van der Waals surface area contributed by atoms with Gasteiger partial charge in [0.05, 0.1) is 0 Å². The molecule has 5 N–H and O–H groups in total. The standard InChI is InChI=1S/C17H31O5P/c1-11-8-12(16(2,3)4)15(13(9-11)17(5,6)7)23(20,21,22)14(19)10-18/h8-9,14,18-22H,10H2,1-7H3. The van der Waals surface area contributed by atoms with Gasteiger partial charge in [0.25, 0.3) is 0 Å². The van der Waals surface area contributed by atoms with E-state index in [2.05, 4.69) is 0 Å². The summed E-state index contributed by atoms with van der Waals surface area (Å²) < 4.78 is 0. The van der Waals surface area contributed by atoms with E-state index in [1.165, 1.54) is 0 Å². The van der Waals surface area contributed by atoms with Gasteiger partial charge < -0.3 is 0 Å². The summed E-state index contributed by atoms with van der Waals surface area (Å²) in [5.74, 6) is -2.04. The molecule has 0 radical (unpaired) electrons. The summed E-state index contributed by atoms with van der Waals surface area (Å²) in [6.45, 7) is 12.3. The normalized spacial score (nSPS) is 16.8. The summed E-state index contributed by atoms with van der Waals surface area (Å²) in [7, 11) is -5.70. The molecule has 1 unspecified atom stereocenters. The first kappa shape index (κ1) is 20.5. The Morgan fingerprint density at radius 1 is 0.913 bits per heavy atom. The van der Waals surface area contributed by atoms with Gasteiger partial charge in [-0.3, -0.25) is 0 Å². The molecule has 0 aliphatic heterocycles. The van der Waals surface area contributed by atoms with E-state index >= 15 is 0 Å². The number of aliphatic hydroxyl groups excluding tert-OH is 2. The van der Waals surface area contributed by atoms with Crippen LogP contribution >= 0.6 is 7.28 Å². The van der Waals surface area contributed by atoms with Gasteiger partial charge in [-0.1, -0.05) is 0 Å². The Morgan fingerprint density at radius 3 is 1.52 bits per heavy atom. The molecule has 0 aliphatic rings. The Kier molecular flexibility index (Phi) is 5.14. The zero-order valence-corrected chi connectivity index (χ0v) is 16.0. The van der Waals surface area contributed by atoms with Gasteiger partial charge in [0.1, 0.15) is 0 Å². The van der Waals surface area contributed by atoms with Crippen LogP contribution in [0.1, 0.15) is 58.2 Å². The third-order valence-corrected chi connectivity index (χ3v) is 6.61. The molecule has 1 aromatic carbocycles. The molecule has 0 saturated carbocycles. The van der Waals surface area contributed by atoms with E-state index in [1.54, 1.807) is 12.1 Å². The molecule has 23 heavy (non-hydrogen) atoms. The molecular formula is C17H31O5P. The second-order valence-corrected chi connectivity index (χ2v) is 11.5. The van der Waals surface area contributed by atoms with E-state index in [4.69, 9.17) is 0 Å². The molecule has 1 aromatic rings. The number of hydrogen-bond acceptors (Lipinski definition) is 5. The summed E-state index contributed by atoms with van der Waals surface area (Å²) in [5, 5.41) is 19.2. The summed E-state index contributed by atoms with van der Waals surface area (Å²) >= 11 is 0. The number of benzene rings is 1. The predicted octanol–water partition coefficient (Wildman–Crippen LogP) is 1.80. The second-order valence-electron chi connectivity index (χ2n) is 8.42. The van der Waals surface area contributed by atoms with Crippen molar-refractivity contribution in [3.05, 3.63) is 28.8 Å². The van der Waals surface area contributed by atoms with Crippen LogP contribution in [0.4, 0.5) is 0 Å². The van der Waals surface area contributed by atoms with Crippen LogP contribution in [0, 0.1) is 6.92 Å². The van der Waals surface area contributed by atoms with Crippen molar-refractivity contribution in [3.8, 4) is 0 Å². The number of aryl methyl sites for hydroxylation is 1. The van der Waals surface area contributed by atoms with Gasteiger partial charge in [-0.15, -0.1) is 0 Å². The van der Waals surface area contributed by atoms with Crippen molar-refractivity contribution in [3.63, 3.8) is 0 Å². The molecule has 1 rings (SSSR count). The maximum atomic E-state index is 10.7. The van der Waals surface area contributed by atoms with E-state index in [1.807, 2.05) is 48.5 Å². The van der Waals surface area contributed by atoms with Crippen molar-refractivity contribution in [1.29, 1.82) is 0 Å². The molecule has 134 valence electrons. The average Bonchev–Trinajstić information content (AvgIpc) is 2.33. The molecule has 0 heterocycles. The third-order valence-electron chi connectivity index (χ3n) is 4.01. The van der Waals surface area contributed by atoms with E-state index in [9.17, 15) is 24.9 Å². The first-order valence-corrected chi connectivity index (χ1v) is 9.88. The number of rotatable bonds is 3. The van der Waals surface area contributed by atoms with E-state index in [-0.39, 0.29) is 5.30 Å². The van der Waals surface area contributed by atoms with Gasteiger partial charge in [-0.25, -0.2) is 0 Å². The van der Waals surface area contributed by atoms with Gasteiger partial charge in [0.2, 0.25) is 0 Å². The van der Waals surface area contributed by atoms with Gasteiger partial charge in [-0.2, -0.15) is 0 Å². The zero-order chi connectivity index (χ0) is 18.5. The Bertz CT molecular complexity index is 553. The van der Waals surface area contributed by atoms with Gasteiger partial charge >= 0.3 is 138 Å². The zero-order valence-electron chi connectivity index (χ0n) is 15.1. The summed E-state index contributed by atoms with van der Waals surface area (Å²) in [5.41, 5.74) is 1.05. The summed E-state index contributed by atoms with van der Waals surface area (Å²) in [4.78, 5) is 32.2. The fourth-order valence-corrected chi connectivity index (χ4v) is 5.01. The van der Waals surface area contributed by atoms with Crippen molar-refractivity contribution in [2.45, 2.75) is 65.1 Å². The van der Waals surface area contributed by atoms with Crippen molar-refractivity contribution in [1.82, 2.24) is 0 Å². The summed E-state index contributed by atoms with van der Waals surface area (Å²) in [6, 6.07) is 3.58. The van der Waals surface area contributed by atoms with Gasteiger partial charge in [0.15, 0.2) is 0 Å². The van der Waals surface area contributed by atoms with E-state index in [0.29, 0.717) is 11.1 Å². The van der Waals surface area contributed by atoms with Crippen LogP contribution in [0.25, 0.3) is 0 Å². The number of aliphatic hydroxyl groups is 2. The molecule has 0 fully saturated rings. The maximum absolute atomic E-state index is 10.7. The van der Waals surface area contributed by atoms with Crippen molar-refractivity contribution in [2.24, 2.45) is 0 Å². The minimum atomic E-state index is -5.70. The van der Waals surface area contributed by atoms with Crippen LogP contribution < -0.4 is 5.30 Å². The SMILES string of the molecule is Cc1cc(C(C)(C)C)c(P(O)(O)(O)C(O)CO)c(C(C)(C)C)c1. The van der Waals surface area contributed by atoms with Gasteiger partial charge in [-0.05, 0) is 0 Å². The van der Waals surface area contributed by atoms with Crippen molar-refractivity contribution < 1.29 is 24.9 Å². The van der Waals surface area contributed by atoms with E-state index in [0.717, 1.165) is 5.56 Å². The predicted molar refractivity (Wildman–Crippen MR) is 94.9 cm³/mol. The van der Waals surface area contributed by atoms with E-state index < -0.39 is 30.6 Å². The minimum absolute atomic E-state index is 0.0387. The Balaban J connectivity index is 4.03. The Labute approximate surface area is 138 Å². The third kappa shape index (κ3) is 3.93. The fraction of sp³-hybridized carbons (Fsp3) is 0.647. The van der Waals surface area contributed by atoms with Crippen LogP contribution in [0.3, 0.4) is 0 Å². The first-order valence-electron chi connectivity index (χ1n) is 7.72. The molecule has 0 saturated heterocycles. The Hall–Kier alpha value is -0.550. The molecule has 0 bridgehead atoms. The average molecular weight is 346 g/mol. The quantitative estimate of drug-likeness (QED) is 0.537. The van der Waals surface area contributed by atoms with Crippen molar-refractivity contribution >= 4 is 12.6 Å². The molecule has 0 aliphatic carbocycles. The topological polar surface area (TPSA) is 101 Å². The van der Waals surface area contributed by atoms with Crippen LogP contribution in [-0.4, -0.2) is 37.3 Å². The molecule has 1 atom stereocenters. The fourth-order valence-electron chi connectivity index (χ4n) is 2.68. The Morgan fingerprint density at radius 2 is 1.26 bits per heavy atom. The molecule has 6 heteroatoms. The van der Waals surface area contributed by atoms with Crippen LogP contribution in [0.15, 0.2) is 12.1 Å². The van der Waals surface area contributed by atoms with Crippen molar-refractivity contribution in [2.75, 3.05) is 6.61 Å². The van der Waals surface area contributed by atoms with Gasteiger partial charge in [0, 0.05) is 0 Å². The molecular weight excluding hydrogens is 315 g/mol. The van der Waals surface area contributed by atoms with Crippen LogP contribution in [0.2, 0.25) is 0 Å². The number of hydrogen-bond donors (Lipinski definition) is 5. The first-order chi connectivity index (χ1) is 10.0. The van der Waals surface area contributed by atoms with Crippen LogP contribution in [-0.2, 0) is 10.8 Å².